The largest absolute Gasteiger partial charge is 0.324 e. The Morgan fingerprint density at radius 1 is 1.19 bits per heavy atom. The average molecular weight is 361 g/mol. The first kappa shape index (κ1) is 17.4. The number of amides is 1. The number of halogens is 1. The second-order valence-corrected chi connectivity index (χ2v) is 8.26. The second kappa shape index (κ2) is 6.61. The Bertz CT molecular complexity index is 711. The van der Waals surface area contributed by atoms with Crippen LogP contribution in [0.4, 0.5) is 15.8 Å². The number of hydrogen-bond acceptors (Lipinski definition) is 4. The standard InChI is InChI=1S/C19H24FN3O3/c1-10(19(24)22-15-2-3-16(20)17(9-15)23(25)26)21-18-13-5-11-4-12(7-13)8-14(18)6-11/h2-3,9-14,18,21H,4-8H2,1H3,(H,22,24)/t10-,11?,12?,13?,14?,18?/m1/s1. The van der Waals surface area contributed by atoms with Gasteiger partial charge < -0.3 is 10.6 Å². The van der Waals surface area contributed by atoms with Crippen LogP contribution in [0.5, 0.6) is 0 Å². The first-order chi connectivity index (χ1) is 12.4. The summed E-state index contributed by atoms with van der Waals surface area (Å²) < 4.78 is 13.4. The lowest BCUT2D eigenvalue weighted by Gasteiger charge is -2.55. The van der Waals surface area contributed by atoms with Crippen molar-refractivity contribution in [3.8, 4) is 0 Å². The first-order valence-electron chi connectivity index (χ1n) is 9.41. The number of nitro groups is 1. The molecule has 4 aliphatic rings. The molecule has 4 saturated carbocycles. The predicted molar refractivity (Wildman–Crippen MR) is 95.1 cm³/mol. The molecule has 4 fully saturated rings. The van der Waals surface area contributed by atoms with E-state index in [1.54, 1.807) is 0 Å². The maximum absolute atomic E-state index is 13.4. The molecule has 1 atom stereocenters. The van der Waals surface area contributed by atoms with Gasteiger partial charge in [0.1, 0.15) is 0 Å². The molecule has 140 valence electrons. The normalized spacial score (nSPS) is 33.1. The van der Waals surface area contributed by atoms with Crippen LogP contribution in [0.2, 0.25) is 0 Å². The van der Waals surface area contributed by atoms with Gasteiger partial charge in [0.15, 0.2) is 0 Å². The summed E-state index contributed by atoms with van der Waals surface area (Å²) in [4.78, 5) is 22.6. The Balaban J connectivity index is 1.39. The molecule has 1 aromatic carbocycles. The minimum atomic E-state index is -0.909. The molecular formula is C19H24FN3O3. The van der Waals surface area contributed by atoms with E-state index in [0.29, 0.717) is 17.9 Å². The third-order valence-electron chi connectivity index (χ3n) is 6.47. The molecule has 0 aromatic heterocycles. The fourth-order valence-corrected chi connectivity index (χ4v) is 5.54. The zero-order valence-corrected chi connectivity index (χ0v) is 14.8. The summed E-state index contributed by atoms with van der Waals surface area (Å²) in [5, 5.41) is 17.0. The zero-order valence-electron chi connectivity index (χ0n) is 14.8. The average Bonchev–Trinajstić information content (AvgIpc) is 2.58. The van der Waals surface area contributed by atoms with E-state index in [4.69, 9.17) is 0 Å². The number of carbonyl (C=O) groups is 1. The third kappa shape index (κ3) is 3.20. The van der Waals surface area contributed by atoms with Crippen molar-refractivity contribution in [1.29, 1.82) is 0 Å². The summed E-state index contributed by atoms with van der Waals surface area (Å²) in [5.74, 6) is 1.91. The molecule has 0 aliphatic heterocycles. The van der Waals surface area contributed by atoms with Gasteiger partial charge in [-0.05, 0) is 74.8 Å². The van der Waals surface area contributed by atoms with Crippen LogP contribution < -0.4 is 10.6 Å². The van der Waals surface area contributed by atoms with Crippen molar-refractivity contribution >= 4 is 17.3 Å². The van der Waals surface area contributed by atoms with Crippen LogP contribution in [0, 0.1) is 39.6 Å². The Kier molecular flexibility index (Phi) is 4.42. The van der Waals surface area contributed by atoms with Crippen LogP contribution in [-0.2, 0) is 4.79 Å². The van der Waals surface area contributed by atoms with Crippen molar-refractivity contribution < 1.29 is 14.1 Å². The van der Waals surface area contributed by atoms with Crippen molar-refractivity contribution in [3.05, 3.63) is 34.1 Å². The molecule has 7 heteroatoms. The van der Waals surface area contributed by atoms with Crippen molar-refractivity contribution in [1.82, 2.24) is 5.32 Å². The predicted octanol–water partition coefficient (Wildman–Crippen LogP) is 3.48. The number of carbonyl (C=O) groups excluding carboxylic acids is 1. The molecule has 1 amide bonds. The van der Waals surface area contributed by atoms with Crippen molar-refractivity contribution in [2.75, 3.05) is 5.32 Å². The van der Waals surface area contributed by atoms with E-state index in [9.17, 15) is 19.3 Å². The topological polar surface area (TPSA) is 84.3 Å². The lowest BCUT2D eigenvalue weighted by Crippen LogP contribution is -2.58. The molecule has 26 heavy (non-hydrogen) atoms. The number of nitrogens with zero attached hydrogens (tertiary/aromatic N) is 1. The van der Waals surface area contributed by atoms with Crippen LogP contribution in [0.15, 0.2) is 18.2 Å². The van der Waals surface area contributed by atoms with E-state index >= 15 is 0 Å². The highest BCUT2D eigenvalue weighted by molar-refractivity contribution is 5.94. The fraction of sp³-hybridized carbons (Fsp3) is 0.632. The molecule has 2 N–H and O–H groups in total. The van der Waals surface area contributed by atoms with E-state index in [1.807, 2.05) is 6.92 Å². The van der Waals surface area contributed by atoms with Crippen molar-refractivity contribution in [2.45, 2.75) is 51.1 Å². The zero-order chi connectivity index (χ0) is 18.4. The van der Waals surface area contributed by atoms with Gasteiger partial charge in [-0.2, -0.15) is 4.39 Å². The summed E-state index contributed by atoms with van der Waals surface area (Å²) >= 11 is 0. The molecule has 4 bridgehead atoms. The summed E-state index contributed by atoms with van der Waals surface area (Å²) in [6, 6.07) is 3.38. The minimum Gasteiger partial charge on any atom is -0.324 e. The van der Waals surface area contributed by atoms with E-state index < -0.39 is 22.5 Å². The summed E-state index contributed by atoms with van der Waals surface area (Å²) in [6.07, 6.45) is 6.46. The Labute approximate surface area is 151 Å². The maximum Gasteiger partial charge on any atom is 0.306 e. The SMILES string of the molecule is C[C@@H](NC1C2CC3CC(C2)CC1C3)C(=O)Nc1ccc(F)c([N+](=O)[O-])c1. The van der Waals surface area contributed by atoms with Gasteiger partial charge in [0, 0.05) is 17.8 Å². The van der Waals surface area contributed by atoms with Gasteiger partial charge in [0.25, 0.3) is 0 Å². The lowest BCUT2D eigenvalue weighted by atomic mass is 9.54. The van der Waals surface area contributed by atoms with Gasteiger partial charge >= 0.3 is 5.69 Å². The molecule has 0 radical (unpaired) electrons. The van der Waals surface area contributed by atoms with Gasteiger partial charge in [0.2, 0.25) is 11.7 Å². The monoisotopic (exact) mass is 361 g/mol. The van der Waals surface area contributed by atoms with Crippen LogP contribution >= 0.6 is 0 Å². The van der Waals surface area contributed by atoms with E-state index in [-0.39, 0.29) is 11.6 Å². The maximum atomic E-state index is 13.4. The lowest BCUT2D eigenvalue weighted by molar-refractivity contribution is -0.387. The summed E-state index contributed by atoms with van der Waals surface area (Å²) in [5.41, 5.74) is -0.397. The second-order valence-electron chi connectivity index (χ2n) is 8.26. The number of benzene rings is 1. The number of nitro benzene ring substituents is 1. The highest BCUT2D eigenvalue weighted by Gasteiger charge is 2.48. The molecule has 0 unspecified atom stereocenters. The number of hydrogen-bond donors (Lipinski definition) is 2. The highest BCUT2D eigenvalue weighted by Crippen LogP contribution is 2.53. The summed E-state index contributed by atoms with van der Waals surface area (Å²) in [7, 11) is 0. The molecule has 0 spiro atoms. The Hall–Kier alpha value is -2.02. The molecule has 6 nitrogen and oxygen atoms in total. The minimum absolute atomic E-state index is 0.238. The Morgan fingerprint density at radius 2 is 1.81 bits per heavy atom. The molecule has 5 rings (SSSR count). The van der Waals surface area contributed by atoms with E-state index in [1.165, 1.54) is 38.2 Å². The molecule has 1 aromatic rings. The molecule has 0 saturated heterocycles. The van der Waals surface area contributed by atoms with Gasteiger partial charge in [-0.3, -0.25) is 14.9 Å². The smallest absolute Gasteiger partial charge is 0.306 e. The highest BCUT2D eigenvalue weighted by atomic mass is 19.1. The summed E-state index contributed by atoms with van der Waals surface area (Å²) in [6.45, 7) is 1.82. The number of nitrogens with one attached hydrogen (secondary N) is 2. The van der Waals surface area contributed by atoms with Crippen molar-refractivity contribution in [3.63, 3.8) is 0 Å². The van der Waals surface area contributed by atoms with Crippen LogP contribution in [0.1, 0.15) is 39.0 Å². The number of rotatable bonds is 5. The van der Waals surface area contributed by atoms with Crippen LogP contribution in [0.25, 0.3) is 0 Å². The Morgan fingerprint density at radius 3 is 2.38 bits per heavy atom. The van der Waals surface area contributed by atoms with E-state index in [2.05, 4.69) is 10.6 Å². The number of anilines is 1. The fourth-order valence-electron chi connectivity index (χ4n) is 5.54. The quantitative estimate of drug-likeness (QED) is 0.621. The van der Waals surface area contributed by atoms with Crippen molar-refractivity contribution in [2.24, 2.45) is 23.7 Å². The van der Waals surface area contributed by atoms with Gasteiger partial charge in [-0.25, -0.2) is 0 Å². The van der Waals surface area contributed by atoms with Gasteiger partial charge in [0.05, 0.1) is 11.0 Å². The van der Waals surface area contributed by atoms with Crippen LogP contribution in [0.3, 0.4) is 0 Å². The molecule has 0 heterocycles. The first-order valence-corrected chi connectivity index (χ1v) is 9.41. The molecular weight excluding hydrogens is 337 g/mol. The molecule has 4 aliphatic carbocycles. The van der Waals surface area contributed by atoms with E-state index in [0.717, 1.165) is 24.0 Å². The van der Waals surface area contributed by atoms with Gasteiger partial charge in [-0.15, -0.1) is 0 Å². The van der Waals surface area contributed by atoms with Gasteiger partial charge in [-0.1, -0.05) is 0 Å². The third-order valence-corrected chi connectivity index (χ3v) is 6.47. The van der Waals surface area contributed by atoms with Crippen LogP contribution in [-0.4, -0.2) is 22.9 Å².